The summed E-state index contributed by atoms with van der Waals surface area (Å²) in [6, 6.07) is 4.52. The molecule has 19 heavy (non-hydrogen) atoms. The van der Waals surface area contributed by atoms with E-state index in [0.717, 1.165) is 6.42 Å². The monoisotopic (exact) mass is 261 g/mol. The quantitative estimate of drug-likeness (QED) is 0.626. The Kier molecular flexibility index (Phi) is 3.86. The molecule has 0 bridgehead atoms. The molecule has 1 unspecified atom stereocenters. The van der Waals surface area contributed by atoms with Crippen LogP contribution in [0.3, 0.4) is 0 Å². The number of benzene rings is 1. The summed E-state index contributed by atoms with van der Waals surface area (Å²) in [5, 5.41) is 14.5. The summed E-state index contributed by atoms with van der Waals surface area (Å²) in [5.74, 6) is 0.567. The summed E-state index contributed by atoms with van der Waals surface area (Å²) in [4.78, 5) is 18.6. The zero-order valence-electron chi connectivity index (χ0n) is 10.5. The highest BCUT2D eigenvalue weighted by molar-refractivity contribution is 5.90. The van der Waals surface area contributed by atoms with Crippen LogP contribution in [0.2, 0.25) is 0 Å². The fourth-order valence-electron chi connectivity index (χ4n) is 1.67. The summed E-state index contributed by atoms with van der Waals surface area (Å²) in [5.41, 5.74) is 6.51. The highest BCUT2D eigenvalue weighted by atomic mass is 16.6. The Morgan fingerprint density at radius 1 is 1.47 bits per heavy atom. The molecule has 7 nitrogen and oxygen atoms in total. The Morgan fingerprint density at radius 3 is 2.95 bits per heavy atom. The molecule has 1 aromatic carbocycles. The van der Waals surface area contributed by atoms with E-state index >= 15 is 0 Å². The van der Waals surface area contributed by atoms with E-state index in [1.807, 2.05) is 6.92 Å². The third-order valence-corrected chi connectivity index (χ3v) is 2.89. The van der Waals surface area contributed by atoms with Crippen molar-refractivity contribution < 1.29 is 4.92 Å². The first kappa shape index (κ1) is 13.2. The number of fused-ring (bicyclic) bond motifs is 1. The number of non-ortho nitro benzene ring substituents is 1. The molecular formula is C12H15N5O2. The molecule has 1 aromatic heterocycles. The van der Waals surface area contributed by atoms with E-state index in [1.54, 1.807) is 6.07 Å². The van der Waals surface area contributed by atoms with E-state index in [4.69, 9.17) is 5.73 Å². The topological polar surface area (TPSA) is 107 Å². The number of nitrogens with one attached hydrogen (secondary N) is 1. The van der Waals surface area contributed by atoms with Crippen LogP contribution in [0, 0.1) is 10.1 Å². The van der Waals surface area contributed by atoms with Gasteiger partial charge in [0, 0.05) is 30.1 Å². The average molecular weight is 261 g/mol. The van der Waals surface area contributed by atoms with E-state index in [0.29, 0.717) is 23.3 Å². The van der Waals surface area contributed by atoms with Gasteiger partial charge in [-0.3, -0.25) is 10.1 Å². The van der Waals surface area contributed by atoms with Gasteiger partial charge < -0.3 is 11.1 Å². The molecule has 0 spiro atoms. The SMILES string of the molecule is CCC(N)CNc1ncnc2ccc([N+](=O)[O-])cc12. The van der Waals surface area contributed by atoms with E-state index in [9.17, 15) is 10.1 Å². The number of nitro groups is 1. The van der Waals surface area contributed by atoms with Crippen molar-refractivity contribution in [1.82, 2.24) is 9.97 Å². The lowest BCUT2D eigenvalue weighted by Gasteiger charge is -2.12. The number of aromatic nitrogens is 2. The Bertz CT molecular complexity index is 602. The van der Waals surface area contributed by atoms with Gasteiger partial charge in [0.25, 0.3) is 5.69 Å². The van der Waals surface area contributed by atoms with Crippen molar-refractivity contribution in [1.29, 1.82) is 0 Å². The summed E-state index contributed by atoms with van der Waals surface area (Å²) in [6.07, 6.45) is 2.27. The molecular weight excluding hydrogens is 246 g/mol. The van der Waals surface area contributed by atoms with E-state index < -0.39 is 4.92 Å². The van der Waals surface area contributed by atoms with Gasteiger partial charge in [0.2, 0.25) is 0 Å². The fraction of sp³-hybridized carbons (Fsp3) is 0.333. The van der Waals surface area contributed by atoms with Crippen LogP contribution in [0.15, 0.2) is 24.5 Å². The zero-order valence-corrected chi connectivity index (χ0v) is 10.5. The molecule has 0 radical (unpaired) electrons. The van der Waals surface area contributed by atoms with Crippen molar-refractivity contribution in [3.8, 4) is 0 Å². The van der Waals surface area contributed by atoms with Crippen LogP contribution >= 0.6 is 0 Å². The molecule has 0 aliphatic carbocycles. The highest BCUT2D eigenvalue weighted by Gasteiger charge is 2.11. The van der Waals surface area contributed by atoms with Crippen molar-refractivity contribution in [2.24, 2.45) is 5.73 Å². The number of nitrogens with two attached hydrogens (primary N) is 1. The molecule has 100 valence electrons. The van der Waals surface area contributed by atoms with E-state index in [2.05, 4.69) is 15.3 Å². The van der Waals surface area contributed by atoms with Gasteiger partial charge in [0.15, 0.2) is 0 Å². The largest absolute Gasteiger partial charge is 0.368 e. The van der Waals surface area contributed by atoms with Crippen LogP contribution in [-0.4, -0.2) is 27.5 Å². The van der Waals surface area contributed by atoms with E-state index in [1.165, 1.54) is 18.5 Å². The molecule has 0 saturated heterocycles. The number of hydrogen-bond donors (Lipinski definition) is 2. The lowest BCUT2D eigenvalue weighted by molar-refractivity contribution is -0.384. The van der Waals surface area contributed by atoms with Crippen molar-refractivity contribution >= 4 is 22.4 Å². The molecule has 0 fully saturated rings. The number of rotatable bonds is 5. The zero-order chi connectivity index (χ0) is 13.8. The lowest BCUT2D eigenvalue weighted by Crippen LogP contribution is -2.28. The lowest BCUT2D eigenvalue weighted by atomic mass is 10.2. The Hall–Kier alpha value is -2.28. The molecule has 0 aliphatic rings. The van der Waals surface area contributed by atoms with Gasteiger partial charge in [-0.15, -0.1) is 0 Å². The summed E-state index contributed by atoms with van der Waals surface area (Å²) in [7, 11) is 0. The molecule has 2 rings (SSSR count). The number of hydrogen-bond acceptors (Lipinski definition) is 6. The van der Waals surface area contributed by atoms with Crippen LogP contribution in [0.4, 0.5) is 11.5 Å². The second kappa shape index (κ2) is 5.57. The van der Waals surface area contributed by atoms with Gasteiger partial charge in [-0.2, -0.15) is 0 Å². The Morgan fingerprint density at radius 2 is 2.26 bits per heavy atom. The molecule has 0 amide bonds. The third-order valence-electron chi connectivity index (χ3n) is 2.89. The van der Waals surface area contributed by atoms with Crippen molar-refractivity contribution in [2.75, 3.05) is 11.9 Å². The van der Waals surface area contributed by atoms with Gasteiger partial charge in [-0.1, -0.05) is 6.92 Å². The first-order chi connectivity index (χ1) is 9.11. The molecule has 3 N–H and O–H groups in total. The summed E-state index contributed by atoms with van der Waals surface area (Å²) >= 11 is 0. The van der Waals surface area contributed by atoms with Gasteiger partial charge in [0.05, 0.1) is 10.4 Å². The average Bonchev–Trinajstić information content (AvgIpc) is 2.43. The Balaban J connectivity index is 2.37. The van der Waals surface area contributed by atoms with Gasteiger partial charge in [0.1, 0.15) is 12.1 Å². The van der Waals surface area contributed by atoms with Gasteiger partial charge >= 0.3 is 0 Å². The normalized spacial score (nSPS) is 12.3. The van der Waals surface area contributed by atoms with Crippen molar-refractivity contribution in [3.63, 3.8) is 0 Å². The molecule has 2 aromatic rings. The van der Waals surface area contributed by atoms with Crippen molar-refractivity contribution in [2.45, 2.75) is 19.4 Å². The third kappa shape index (κ3) is 2.94. The Labute approximate surface area is 110 Å². The molecule has 1 heterocycles. The minimum atomic E-state index is -0.437. The van der Waals surface area contributed by atoms with E-state index in [-0.39, 0.29) is 11.7 Å². The first-order valence-electron chi connectivity index (χ1n) is 6.00. The first-order valence-corrected chi connectivity index (χ1v) is 6.00. The standard InChI is InChI=1S/C12H15N5O2/c1-2-8(13)6-14-12-10-5-9(17(18)19)3-4-11(10)15-7-16-12/h3-5,7-8H,2,6,13H2,1H3,(H,14,15,16). The maximum absolute atomic E-state index is 10.8. The summed E-state index contributed by atoms with van der Waals surface area (Å²) < 4.78 is 0. The molecule has 0 saturated carbocycles. The predicted molar refractivity (Wildman–Crippen MR) is 72.9 cm³/mol. The number of nitrogens with zero attached hydrogens (tertiary/aromatic N) is 3. The van der Waals surface area contributed by atoms with Crippen LogP contribution in [0.1, 0.15) is 13.3 Å². The van der Waals surface area contributed by atoms with Crippen LogP contribution < -0.4 is 11.1 Å². The van der Waals surface area contributed by atoms with Crippen LogP contribution in [0.5, 0.6) is 0 Å². The maximum atomic E-state index is 10.8. The van der Waals surface area contributed by atoms with Gasteiger partial charge in [-0.25, -0.2) is 9.97 Å². The van der Waals surface area contributed by atoms with Crippen LogP contribution in [0.25, 0.3) is 10.9 Å². The van der Waals surface area contributed by atoms with Crippen molar-refractivity contribution in [3.05, 3.63) is 34.6 Å². The number of nitro benzene ring substituents is 1. The van der Waals surface area contributed by atoms with Gasteiger partial charge in [-0.05, 0) is 12.5 Å². The molecule has 0 aliphatic heterocycles. The second-order valence-electron chi connectivity index (χ2n) is 4.23. The fourth-order valence-corrected chi connectivity index (χ4v) is 1.67. The minimum Gasteiger partial charge on any atom is -0.368 e. The van der Waals surface area contributed by atoms with Crippen LogP contribution in [-0.2, 0) is 0 Å². The highest BCUT2D eigenvalue weighted by Crippen LogP contribution is 2.24. The smallest absolute Gasteiger partial charge is 0.270 e. The minimum absolute atomic E-state index is 0.0173. The molecule has 1 atom stereocenters. The second-order valence-corrected chi connectivity index (χ2v) is 4.23. The number of anilines is 1. The molecule has 7 heteroatoms. The predicted octanol–water partition coefficient (Wildman–Crippen LogP) is 1.69. The summed E-state index contributed by atoms with van der Waals surface area (Å²) in [6.45, 7) is 2.56. The maximum Gasteiger partial charge on any atom is 0.270 e.